The van der Waals surface area contributed by atoms with Crippen LogP contribution >= 0.6 is 0 Å². The van der Waals surface area contributed by atoms with Crippen molar-refractivity contribution in [1.82, 2.24) is 19.9 Å². The molecule has 4 rings (SSSR count). The summed E-state index contributed by atoms with van der Waals surface area (Å²) in [4.78, 5) is 14.6. The minimum absolute atomic E-state index is 0.0595. The first-order valence-electron chi connectivity index (χ1n) is 8.75. The zero-order valence-electron chi connectivity index (χ0n) is 14.3. The molecule has 2 aromatic rings. The van der Waals surface area contributed by atoms with Crippen molar-refractivity contribution in [3.63, 3.8) is 0 Å². The standard InChI is InChI=1S/C18H22N4O3/c1-2-24-15-5-3-13(4-6-15)9-18(23)21-8-7-17-16(11-21)22-14(12-25-17)10-19-20-22/h3-6,10,16-17H,2,7-9,11-12H2,1H3/t16-,17+/m1/s1. The van der Waals surface area contributed by atoms with Crippen molar-refractivity contribution < 1.29 is 14.3 Å². The maximum absolute atomic E-state index is 12.7. The molecule has 1 aromatic heterocycles. The fourth-order valence-corrected chi connectivity index (χ4v) is 3.56. The Hall–Kier alpha value is -2.41. The predicted molar refractivity (Wildman–Crippen MR) is 90.1 cm³/mol. The average Bonchev–Trinajstić information content (AvgIpc) is 3.12. The number of amides is 1. The molecule has 2 atom stereocenters. The van der Waals surface area contributed by atoms with Gasteiger partial charge in [-0.15, -0.1) is 5.10 Å². The van der Waals surface area contributed by atoms with E-state index in [1.54, 1.807) is 6.20 Å². The lowest BCUT2D eigenvalue weighted by atomic mass is 9.99. The van der Waals surface area contributed by atoms with Gasteiger partial charge in [0.2, 0.25) is 5.91 Å². The number of fused-ring (bicyclic) bond motifs is 3. The van der Waals surface area contributed by atoms with Gasteiger partial charge in [-0.25, -0.2) is 4.68 Å². The lowest BCUT2D eigenvalue weighted by Gasteiger charge is -2.41. The smallest absolute Gasteiger partial charge is 0.227 e. The fraction of sp³-hybridized carbons (Fsp3) is 0.500. The van der Waals surface area contributed by atoms with Gasteiger partial charge in [-0.3, -0.25) is 4.79 Å². The Labute approximate surface area is 146 Å². The third-order valence-corrected chi connectivity index (χ3v) is 4.87. The molecular weight excluding hydrogens is 320 g/mol. The van der Waals surface area contributed by atoms with Gasteiger partial charge in [-0.2, -0.15) is 0 Å². The maximum Gasteiger partial charge on any atom is 0.227 e. The molecule has 3 heterocycles. The number of hydrogen-bond acceptors (Lipinski definition) is 5. The van der Waals surface area contributed by atoms with E-state index in [1.165, 1.54) is 0 Å². The number of benzene rings is 1. The zero-order chi connectivity index (χ0) is 17.2. The lowest BCUT2D eigenvalue weighted by molar-refractivity contribution is -0.137. The van der Waals surface area contributed by atoms with Crippen LogP contribution < -0.4 is 4.74 Å². The SMILES string of the molecule is CCOc1ccc(CC(=O)N2CC[C@@H]3OCc4cnnn4[C@@H]3C2)cc1. The summed E-state index contributed by atoms with van der Waals surface area (Å²) in [5, 5.41) is 8.15. The molecular formula is C18H22N4O3. The van der Waals surface area contributed by atoms with Gasteiger partial charge in [0.25, 0.3) is 0 Å². The number of aromatic nitrogens is 3. The molecule has 0 N–H and O–H groups in total. The molecule has 0 spiro atoms. The van der Waals surface area contributed by atoms with E-state index in [-0.39, 0.29) is 18.1 Å². The summed E-state index contributed by atoms with van der Waals surface area (Å²) >= 11 is 0. The molecule has 2 aliphatic rings. The van der Waals surface area contributed by atoms with Crippen LogP contribution in [0.5, 0.6) is 5.75 Å². The summed E-state index contributed by atoms with van der Waals surface area (Å²) in [7, 11) is 0. The van der Waals surface area contributed by atoms with Crippen LogP contribution in [-0.4, -0.2) is 51.6 Å². The van der Waals surface area contributed by atoms with Gasteiger partial charge in [0.15, 0.2) is 0 Å². The van der Waals surface area contributed by atoms with E-state index in [4.69, 9.17) is 9.47 Å². The van der Waals surface area contributed by atoms with Gasteiger partial charge in [-0.1, -0.05) is 17.3 Å². The van der Waals surface area contributed by atoms with E-state index in [0.29, 0.717) is 26.2 Å². The summed E-state index contributed by atoms with van der Waals surface area (Å²) in [6, 6.07) is 7.79. The van der Waals surface area contributed by atoms with Crippen molar-refractivity contribution in [2.24, 2.45) is 0 Å². The second-order valence-corrected chi connectivity index (χ2v) is 6.47. The number of piperidine rings is 1. The van der Waals surface area contributed by atoms with Crippen LogP contribution in [0.3, 0.4) is 0 Å². The third kappa shape index (κ3) is 3.24. The molecule has 1 saturated heterocycles. The maximum atomic E-state index is 12.7. The molecule has 1 aromatic carbocycles. The number of ether oxygens (including phenoxy) is 2. The third-order valence-electron chi connectivity index (χ3n) is 4.87. The van der Waals surface area contributed by atoms with Crippen LogP contribution in [0.2, 0.25) is 0 Å². The molecule has 1 fully saturated rings. The summed E-state index contributed by atoms with van der Waals surface area (Å²) in [6.45, 7) is 4.49. The number of carbonyl (C=O) groups is 1. The van der Waals surface area contributed by atoms with E-state index >= 15 is 0 Å². The topological polar surface area (TPSA) is 69.5 Å². The number of likely N-dealkylation sites (tertiary alicyclic amines) is 1. The summed E-state index contributed by atoms with van der Waals surface area (Å²) in [5.41, 5.74) is 1.97. The van der Waals surface area contributed by atoms with Crippen LogP contribution in [0.4, 0.5) is 0 Å². The summed E-state index contributed by atoms with van der Waals surface area (Å²) in [5.74, 6) is 0.965. The quantitative estimate of drug-likeness (QED) is 0.844. The van der Waals surface area contributed by atoms with Gasteiger partial charge >= 0.3 is 0 Å². The van der Waals surface area contributed by atoms with Gasteiger partial charge in [0, 0.05) is 13.1 Å². The zero-order valence-corrected chi connectivity index (χ0v) is 14.3. The van der Waals surface area contributed by atoms with Crippen molar-refractivity contribution in [2.75, 3.05) is 19.7 Å². The highest BCUT2D eigenvalue weighted by atomic mass is 16.5. The molecule has 0 bridgehead atoms. The number of carbonyl (C=O) groups excluding carboxylic acids is 1. The number of rotatable bonds is 4. The van der Waals surface area contributed by atoms with E-state index in [1.807, 2.05) is 40.8 Å². The molecule has 7 heteroatoms. The van der Waals surface area contributed by atoms with E-state index in [9.17, 15) is 4.79 Å². The molecule has 1 amide bonds. The monoisotopic (exact) mass is 342 g/mol. The van der Waals surface area contributed by atoms with Crippen LogP contribution in [0, 0.1) is 0 Å². The van der Waals surface area contributed by atoms with Crippen LogP contribution in [0.15, 0.2) is 30.5 Å². The van der Waals surface area contributed by atoms with Crippen molar-refractivity contribution in [2.45, 2.75) is 38.5 Å². The van der Waals surface area contributed by atoms with Gasteiger partial charge in [0.05, 0.1) is 43.7 Å². The Balaban J connectivity index is 1.42. The highest BCUT2D eigenvalue weighted by molar-refractivity contribution is 5.79. The molecule has 0 saturated carbocycles. The minimum Gasteiger partial charge on any atom is -0.494 e. The van der Waals surface area contributed by atoms with Crippen LogP contribution in [0.1, 0.15) is 30.6 Å². The molecule has 0 radical (unpaired) electrons. The predicted octanol–water partition coefficient (Wildman–Crippen LogP) is 1.59. The van der Waals surface area contributed by atoms with Crippen molar-refractivity contribution in [3.05, 3.63) is 41.7 Å². The molecule has 132 valence electrons. The highest BCUT2D eigenvalue weighted by Crippen LogP contribution is 2.30. The van der Waals surface area contributed by atoms with Crippen LogP contribution in [-0.2, 0) is 22.6 Å². The van der Waals surface area contributed by atoms with E-state index in [2.05, 4.69) is 10.3 Å². The lowest BCUT2D eigenvalue weighted by Crippen LogP contribution is -2.50. The first-order valence-corrected chi connectivity index (χ1v) is 8.75. The average molecular weight is 342 g/mol. The first-order chi connectivity index (χ1) is 12.2. The highest BCUT2D eigenvalue weighted by Gasteiger charge is 2.37. The second-order valence-electron chi connectivity index (χ2n) is 6.47. The largest absolute Gasteiger partial charge is 0.494 e. The van der Waals surface area contributed by atoms with E-state index < -0.39 is 0 Å². The summed E-state index contributed by atoms with van der Waals surface area (Å²) < 4.78 is 13.3. The Morgan fingerprint density at radius 1 is 1.36 bits per heavy atom. The second kappa shape index (κ2) is 6.84. The first kappa shape index (κ1) is 16.1. The van der Waals surface area contributed by atoms with Gasteiger partial charge in [-0.05, 0) is 31.0 Å². The fourth-order valence-electron chi connectivity index (χ4n) is 3.56. The molecule has 2 aliphatic heterocycles. The van der Waals surface area contributed by atoms with Crippen molar-refractivity contribution >= 4 is 5.91 Å². The Morgan fingerprint density at radius 3 is 3.00 bits per heavy atom. The van der Waals surface area contributed by atoms with Gasteiger partial charge in [0.1, 0.15) is 5.75 Å². The van der Waals surface area contributed by atoms with Crippen LogP contribution in [0.25, 0.3) is 0 Å². The minimum atomic E-state index is 0.0595. The summed E-state index contributed by atoms with van der Waals surface area (Å²) in [6.07, 6.45) is 3.08. The van der Waals surface area contributed by atoms with Crippen molar-refractivity contribution in [1.29, 1.82) is 0 Å². The Morgan fingerprint density at radius 2 is 2.20 bits per heavy atom. The Bertz CT molecular complexity index is 743. The molecule has 7 nitrogen and oxygen atoms in total. The normalized spacial score (nSPS) is 22.2. The van der Waals surface area contributed by atoms with E-state index in [0.717, 1.165) is 30.0 Å². The Kier molecular flexibility index (Phi) is 4.40. The number of nitrogens with zero attached hydrogens (tertiary/aromatic N) is 4. The molecule has 0 unspecified atom stereocenters. The molecule has 25 heavy (non-hydrogen) atoms. The number of hydrogen-bond donors (Lipinski definition) is 0. The molecule has 0 aliphatic carbocycles. The van der Waals surface area contributed by atoms with Gasteiger partial charge < -0.3 is 14.4 Å². The van der Waals surface area contributed by atoms with Crippen molar-refractivity contribution in [3.8, 4) is 5.75 Å².